The smallest absolute Gasteiger partial charge is 0.331 e. The van der Waals surface area contributed by atoms with E-state index in [1.54, 1.807) is 0 Å². The first-order valence-electron chi connectivity index (χ1n) is 4.25. The van der Waals surface area contributed by atoms with Gasteiger partial charge in [0.25, 0.3) is 0 Å². The van der Waals surface area contributed by atoms with Gasteiger partial charge in [0.05, 0.1) is 0 Å². The van der Waals surface area contributed by atoms with Crippen molar-refractivity contribution in [2.24, 2.45) is 5.41 Å². The SMILES string of the molecule is O=C(O)C1=CC2(CCOCC2)C1. The van der Waals surface area contributed by atoms with Crippen LogP contribution in [0, 0.1) is 5.41 Å². The van der Waals surface area contributed by atoms with Crippen LogP contribution in [0.2, 0.25) is 0 Å². The minimum Gasteiger partial charge on any atom is -0.478 e. The molecule has 1 heterocycles. The van der Waals surface area contributed by atoms with Gasteiger partial charge in [-0.2, -0.15) is 0 Å². The molecule has 1 aliphatic carbocycles. The summed E-state index contributed by atoms with van der Waals surface area (Å²) in [5.41, 5.74) is 0.767. The molecule has 0 unspecified atom stereocenters. The van der Waals surface area contributed by atoms with Crippen LogP contribution >= 0.6 is 0 Å². The summed E-state index contributed by atoms with van der Waals surface area (Å²) in [7, 11) is 0. The molecule has 2 rings (SSSR count). The zero-order chi connectivity index (χ0) is 8.60. The van der Waals surface area contributed by atoms with Crippen LogP contribution in [0.25, 0.3) is 0 Å². The average molecular weight is 168 g/mol. The first-order valence-corrected chi connectivity index (χ1v) is 4.25. The predicted molar refractivity (Wildman–Crippen MR) is 42.8 cm³/mol. The third kappa shape index (κ3) is 1.14. The molecule has 0 bridgehead atoms. The third-order valence-corrected chi connectivity index (χ3v) is 2.79. The fourth-order valence-electron chi connectivity index (χ4n) is 1.96. The van der Waals surface area contributed by atoms with Gasteiger partial charge in [0.2, 0.25) is 0 Å². The number of allylic oxidation sites excluding steroid dienone is 1. The molecule has 2 aliphatic rings. The second-order valence-corrected chi connectivity index (χ2v) is 3.63. The Morgan fingerprint density at radius 1 is 1.50 bits per heavy atom. The van der Waals surface area contributed by atoms with Crippen molar-refractivity contribution in [2.75, 3.05) is 13.2 Å². The fourth-order valence-corrected chi connectivity index (χ4v) is 1.96. The van der Waals surface area contributed by atoms with Gasteiger partial charge in [-0.3, -0.25) is 0 Å². The molecule has 0 atom stereocenters. The number of ether oxygens (including phenoxy) is 1. The molecule has 1 aliphatic heterocycles. The number of carboxylic acid groups (broad SMARTS) is 1. The summed E-state index contributed by atoms with van der Waals surface area (Å²) in [5, 5.41) is 8.65. The van der Waals surface area contributed by atoms with E-state index in [-0.39, 0.29) is 5.41 Å². The number of hydrogen-bond acceptors (Lipinski definition) is 2. The van der Waals surface area contributed by atoms with E-state index >= 15 is 0 Å². The Balaban J connectivity index is 2.04. The van der Waals surface area contributed by atoms with Crippen LogP contribution in [0.4, 0.5) is 0 Å². The Bertz CT molecular complexity index is 236. The van der Waals surface area contributed by atoms with Crippen LogP contribution in [-0.2, 0) is 9.53 Å². The van der Waals surface area contributed by atoms with Crippen LogP contribution in [-0.4, -0.2) is 24.3 Å². The Hall–Kier alpha value is -0.830. The molecule has 3 nitrogen and oxygen atoms in total. The summed E-state index contributed by atoms with van der Waals surface area (Å²) in [4.78, 5) is 10.5. The van der Waals surface area contributed by atoms with Crippen LogP contribution in [0.1, 0.15) is 19.3 Å². The maximum absolute atomic E-state index is 10.5. The number of hydrogen-bond donors (Lipinski definition) is 1. The Kier molecular flexibility index (Phi) is 1.68. The van der Waals surface area contributed by atoms with E-state index in [9.17, 15) is 4.79 Å². The third-order valence-electron chi connectivity index (χ3n) is 2.79. The molecule has 1 N–H and O–H groups in total. The summed E-state index contributed by atoms with van der Waals surface area (Å²) >= 11 is 0. The highest BCUT2D eigenvalue weighted by Gasteiger charge is 2.40. The summed E-state index contributed by atoms with van der Waals surface area (Å²) in [6, 6.07) is 0. The minimum atomic E-state index is -0.757. The molecule has 0 saturated carbocycles. The van der Waals surface area contributed by atoms with Gasteiger partial charge < -0.3 is 9.84 Å². The lowest BCUT2D eigenvalue weighted by atomic mass is 9.66. The molecule has 0 aromatic carbocycles. The van der Waals surface area contributed by atoms with Crippen LogP contribution in [0.5, 0.6) is 0 Å². The van der Waals surface area contributed by atoms with Gasteiger partial charge in [0, 0.05) is 18.8 Å². The first-order chi connectivity index (χ1) is 5.72. The van der Waals surface area contributed by atoms with E-state index in [0.717, 1.165) is 32.5 Å². The predicted octanol–water partition coefficient (Wildman–Crippen LogP) is 1.20. The molecule has 0 amide bonds. The van der Waals surface area contributed by atoms with Crippen LogP contribution in [0.3, 0.4) is 0 Å². The van der Waals surface area contributed by atoms with Crippen molar-refractivity contribution in [2.45, 2.75) is 19.3 Å². The molecule has 12 heavy (non-hydrogen) atoms. The van der Waals surface area contributed by atoms with Crippen molar-refractivity contribution >= 4 is 5.97 Å². The molecule has 66 valence electrons. The number of carboxylic acids is 1. The lowest BCUT2D eigenvalue weighted by Gasteiger charge is -2.41. The molecule has 1 saturated heterocycles. The van der Waals surface area contributed by atoms with Gasteiger partial charge >= 0.3 is 5.97 Å². The van der Waals surface area contributed by atoms with Gasteiger partial charge in [-0.1, -0.05) is 6.08 Å². The highest BCUT2D eigenvalue weighted by molar-refractivity contribution is 5.88. The zero-order valence-corrected chi connectivity index (χ0v) is 6.88. The molecule has 0 aromatic heterocycles. The van der Waals surface area contributed by atoms with Crippen molar-refractivity contribution in [3.63, 3.8) is 0 Å². The number of rotatable bonds is 1. The van der Waals surface area contributed by atoms with Crippen molar-refractivity contribution in [3.05, 3.63) is 11.6 Å². The standard InChI is InChI=1S/C9H12O3/c10-8(11)7-5-9(6-7)1-3-12-4-2-9/h5H,1-4,6H2,(H,10,11). The topological polar surface area (TPSA) is 46.5 Å². The highest BCUT2D eigenvalue weighted by Crippen LogP contribution is 2.46. The highest BCUT2D eigenvalue weighted by atomic mass is 16.5. The van der Waals surface area contributed by atoms with Gasteiger partial charge in [-0.15, -0.1) is 0 Å². The normalized spacial score (nSPS) is 26.2. The van der Waals surface area contributed by atoms with E-state index < -0.39 is 5.97 Å². The molecular weight excluding hydrogens is 156 g/mol. The molecule has 1 fully saturated rings. The molecule has 0 aromatic rings. The lowest BCUT2D eigenvalue weighted by Crippen LogP contribution is -2.35. The summed E-state index contributed by atoms with van der Waals surface area (Å²) < 4.78 is 5.22. The minimum absolute atomic E-state index is 0.186. The lowest BCUT2D eigenvalue weighted by molar-refractivity contribution is -0.134. The number of carbonyl (C=O) groups is 1. The fraction of sp³-hybridized carbons (Fsp3) is 0.667. The maximum Gasteiger partial charge on any atom is 0.331 e. The van der Waals surface area contributed by atoms with E-state index in [0.29, 0.717) is 5.57 Å². The van der Waals surface area contributed by atoms with E-state index in [2.05, 4.69) is 0 Å². The van der Waals surface area contributed by atoms with Crippen molar-refractivity contribution < 1.29 is 14.6 Å². The molecule has 3 heteroatoms. The quantitative estimate of drug-likeness (QED) is 0.639. The van der Waals surface area contributed by atoms with E-state index in [1.165, 1.54) is 0 Å². The maximum atomic E-state index is 10.5. The summed E-state index contributed by atoms with van der Waals surface area (Å²) in [5.74, 6) is -0.757. The Morgan fingerprint density at radius 3 is 2.58 bits per heavy atom. The van der Waals surface area contributed by atoms with Gasteiger partial charge in [-0.05, 0) is 24.7 Å². The van der Waals surface area contributed by atoms with Crippen LogP contribution in [0.15, 0.2) is 11.6 Å². The Morgan fingerprint density at radius 2 is 2.08 bits per heavy atom. The zero-order valence-electron chi connectivity index (χ0n) is 6.88. The van der Waals surface area contributed by atoms with E-state index in [4.69, 9.17) is 9.84 Å². The molecule has 0 radical (unpaired) electrons. The molecular formula is C9H12O3. The van der Waals surface area contributed by atoms with Crippen molar-refractivity contribution in [3.8, 4) is 0 Å². The van der Waals surface area contributed by atoms with Gasteiger partial charge in [-0.25, -0.2) is 4.79 Å². The largest absolute Gasteiger partial charge is 0.478 e. The van der Waals surface area contributed by atoms with E-state index in [1.807, 2.05) is 6.08 Å². The van der Waals surface area contributed by atoms with Crippen molar-refractivity contribution in [1.29, 1.82) is 0 Å². The number of aliphatic carboxylic acids is 1. The van der Waals surface area contributed by atoms with Gasteiger partial charge in [0.1, 0.15) is 0 Å². The summed E-state index contributed by atoms with van der Waals surface area (Å²) in [6.45, 7) is 1.56. The van der Waals surface area contributed by atoms with Gasteiger partial charge in [0.15, 0.2) is 0 Å². The second-order valence-electron chi connectivity index (χ2n) is 3.63. The average Bonchev–Trinajstić information content (AvgIpc) is 2.01. The molecule has 1 spiro atoms. The van der Waals surface area contributed by atoms with Crippen molar-refractivity contribution in [1.82, 2.24) is 0 Å². The Labute approximate surface area is 71.0 Å². The first kappa shape index (κ1) is 7.80. The second kappa shape index (κ2) is 2.59. The monoisotopic (exact) mass is 168 g/mol. The van der Waals surface area contributed by atoms with Crippen LogP contribution < -0.4 is 0 Å². The summed E-state index contributed by atoms with van der Waals surface area (Å²) in [6.07, 6.45) is 4.64.